The van der Waals surface area contributed by atoms with E-state index in [1.807, 2.05) is 42.7 Å². The number of aromatic nitrogens is 4. The van der Waals surface area contributed by atoms with Gasteiger partial charge in [0.2, 0.25) is 5.91 Å². The van der Waals surface area contributed by atoms with Crippen molar-refractivity contribution in [1.82, 2.24) is 29.4 Å². The van der Waals surface area contributed by atoms with E-state index >= 15 is 0 Å². The zero-order valence-corrected chi connectivity index (χ0v) is 24.1. The number of nitrogens with zero attached hydrogens (tertiary/aromatic N) is 6. The molecule has 11 heteroatoms. The zero-order chi connectivity index (χ0) is 27.7. The van der Waals surface area contributed by atoms with Crippen molar-refractivity contribution in [3.05, 3.63) is 91.8 Å². The van der Waals surface area contributed by atoms with Gasteiger partial charge in [0.25, 0.3) is 5.56 Å². The molecule has 4 aromatic rings. The van der Waals surface area contributed by atoms with Crippen LogP contribution in [0.1, 0.15) is 25.1 Å². The van der Waals surface area contributed by atoms with E-state index in [4.69, 9.17) is 11.6 Å². The van der Waals surface area contributed by atoms with Gasteiger partial charge in [-0.25, -0.2) is 4.39 Å². The lowest BCUT2D eigenvalue weighted by molar-refractivity contribution is -0.135. The summed E-state index contributed by atoms with van der Waals surface area (Å²) in [7, 11) is 0. The molecule has 1 saturated heterocycles. The molecule has 39 heavy (non-hydrogen) atoms. The number of piperazine rings is 1. The third-order valence-corrected chi connectivity index (χ3v) is 8.56. The fraction of sp³-hybridized carbons (Fsp3) is 0.357. The van der Waals surface area contributed by atoms with Crippen LogP contribution in [-0.2, 0) is 30.8 Å². The molecule has 0 aliphatic carbocycles. The molecule has 1 aliphatic heterocycles. The Labute approximate surface area is 239 Å². The fourth-order valence-corrected chi connectivity index (χ4v) is 5.66. The number of hydrogen-bond acceptors (Lipinski definition) is 5. The standard InChI is InChI=1S/C28H29BrClFN6O2/c1-18-14-35(25(38)13-21-7-8-24(29)26(30)27(21)31)15-19(2)37(18)17-22-16-36(33-32-22)12-11-34-10-9-20-5-3-4-6-23(20)28(34)39/h3-10,16,18-19H,11-15,17H2,1-2H3/t18-,19+. The van der Waals surface area contributed by atoms with E-state index in [0.717, 1.165) is 11.1 Å². The number of amides is 1. The minimum absolute atomic E-state index is 0.00998. The van der Waals surface area contributed by atoms with Gasteiger partial charge in [0.05, 0.1) is 23.7 Å². The maximum Gasteiger partial charge on any atom is 0.258 e. The third kappa shape index (κ3) is 5.92. The molecular weight excluding hydrogens is 587 g/mol. The maximum absolute atomic E-state index is 14.5. The van der Waals surface area contributed by atoms with E-state index < -0.39 is 5.82 Å². The van der Waals surface area contributed by atoms with Crippen LogP contribution in [0.25, 0.3) is 10.8 Å². The van der Waals surface area contributed by atoms with Gasteiger partial charge < -0.3 is 9.47 Å². The average Bonchev–Trinajstić information content (AvgIpc) is 3.38. The second-order valence-electron chi connectivity index (χ2n) is 10.1. The Kier molecular flexibility index (Phi) is 8.16. The molecule has 0 N–H and O–H groups in total. The number of rotatable bonds is 7. The van der Waals surface area contributed by atoms with Gasteiger partial charge in [-0.15, -0.1) is 5.10 Å². The number of hydrogen-bond donors (Lipinski definition) is 0. The summed E-state index contributed by atoms with van der Waals surface area (Å²) >= 11 is 9.20. The summed E-state index contributed by atoms with van der Waals surface area (Å²) in [4.78, 5) is 29.9. The third-order valence-electron chi connectivity index (χ3n) is 7.30. The van der Waals surface area contributed by atoms with Gasteiger partial charge in [0.1, 0.15) is 5.82 Å². The molecular formula is C28H29BrClFN6O2. The van der Waals surface area contributed by atoms with Crippen LogP contribution in [0.5, 0.6) is 0 Å². The quantitative estimate of drug-likeness (QED) is 0.286. The normalized spacial score (nSPS) is 18.1. The predicted molar refractivity (Wildman–Crippen MR) is 152 cm³/mol. The predicted octanol–water partition coefficient (Wildman–Crippen LogP) is 4.51. The van der Waals surface area contributed by atoms with E-state index in [1.54, 1.807) is 26.3 Å². The molecule has 0 spiro atoms. The summed E-state index contributed by atoms with van der Waals surface area (Å²) < 4.78 is 18.4. The highest BCUT2D eigenvalue weighted by Crippen LogP contribution is 2.28. The number of aryl methyl sites for hydroxylation is 2. The van der Waals surface area contributed by atoms with Gasteiger partial charge in [-0.2, -0.15) is 0 Å². The van der Waals surface area contributed by atoms with Crippen molar-refractivity contribution in [3.8, 4) is 0 Å². The molecule has 1 fully saturated rings. The van der Waals surface area contributed by atoms with Crippen LogP contribution >= 0.6 is 27.5 Å². The minimum Gasteiger partial charge on any atom is -0.339 e. The molecule has 3 heterocycles. The first kappa shape index (κ1) is 27.5. The summed E-state index contributed by atoms with van der Waals surface area (Å²) in [5.41, 5.74) is 1.10. The molecule has 0 bridgehead atoms. The maximum atomic E-state index is 14.5. The Morgan fingerprint density at radius 1 is 1.10 bits per heavy atom. The van der Waals surface area contributed by atoms with Gasteiger partial charge in [0, 0.05) is 60.5 Å². The van der Waals surface area contributed by atoms with Crippen molar-refractivity contribution in [2.45, 2.75) is 52.0 Å². The number of benzene rings is 2. The minimum atomic E-state index is -0.562. The van der Waals surface area contributed by atoms with Gasteiger partial charge in [-0.05, 0) is 58.9 Å². The van der Waals surface area contributed by atoms with Crippen molar-refractivity contribution in [1.29, 1.82) is 0 Å². The number of carbonyl (C=O) groups is 1. The smallest absolute Gasteiger partial charge is 0.258 e. The van der Waals surface area contributed by atoms with Crippen LogP contribution in [-0.4, -0.2) is 60.4 Å². The van der Waals surface area contributed by atoms with E-state index in [0.29, 0.717) is 48.1 Å². The Balaban J connectivity index is 1.18. The van der Waals surface area contributed by atoms with Crippen LogP contribution < -0.4 is 5.56 Å². The van der Waals surface area contributed by atoms with Crippen LogP contribution in [0.4, 0.5) is 4.39 Å². The number of fused-ring (bicyclic) bond motifs is 1. The van der Waals surface area contributed by atoms with Crippen molar-refractivity contribution >= 4 is 44.2 Å². The van der Waals surface area contributed by atoms with Crippen LogP contribution in [0.15, 0.2) is 64.1 Å². The van der Waals surface area contributed by atoms with E-state index in [9.17, 15) is 14.0 Å². The second-order valence-corrected chi connectivity index (χ2v) is 11.3. The van der Waals surface area contributed by atoms with Gasteiger partial charge >= 0.3 is 0 Å². The highest BCUT2D eigenvalue weighted by molar-refractivity contribution is 9.10. The highest BCUT2D eigenvalue weighted by Gasteiger charge is 2.32. The molecule has 204 valence electrons. The molecule has 1 amide bonds. The Morgan fingerprint density at radius 3 is 2.62 bits per heavy atom. The second kappa shape index (κ2) is 11.6. The first-order valence-electron chi connectivity index (χ1n) is 12.8. The van der Waals surface area contributed by atoms with Crippen molar-refractivity contribution < 1.29 is 9.18 Å². The average molecular weight is 616 g/mol. The van der Waals surface area contributed by atoms with Crippen LogP contribution in [0.2, 0.25) is 5.02 Å². The van der Waals surface area contributed by atoms with Crippen molar-refractivity contribution in [2.24, 2.45) is 0 Å². The van der Waals surface area contributed by atoms with E-state index in [2.05, 4.69) is 45.0 Å². The summed E-state index contributed by atoms with van der Waals surface area (Å²) in [6.45, 7) is 6.83. The molecule has 2 atom stereocenters. The summed E-state index contributed by atoms with van der Waals surface area (Å²) in [5, 5.41) is 10.2. The number of carbonyl (C=O) groups excluding carboxylic acids is 1. The van der Waals surface area contributed by atoms with E-state index in [-0.39, 0.29) is 35.0 Å². The lowest BCUT2D eigenvalue weighted by Crippen LogP contribution is -2.57. The largest absolute Gasteiger partial charge is 0.339 e. The molecule has 2 aromatic carbocycles. The molecule has 1 aliphatic rings. The summed E-state index contributed by atoms with van der Waals surface area (Å²) in [6, 6.07) is 12.9. The van der Waals surface area contributed by atoms with E-state index in [1.165, 1.54) is 0 Å². The lowest BCUT2D eigenvalue weighted by atomic mass is 10.1. The van der Waals surface area contributed by atoms with Crippen molar-refractivity contribution in [2.75, 3.05) is 13.1 Å². The molecule has 2 aromatic heterocycles. The molecule has 0 unspecified atom stereocenters. The number of pyridine rings is 1. The number of halogens is 3. The Hall–Kier alpha value is -3.08. The first-order valence-corrected chi connectivity index (χ1v) is 14.0. The highest BCUT2D eigenvalue weighted by atomic mass is 79.9. The molecule has 8 nitrogen and oxygen atoms in total. The molecule has 0 radical (unpaired) electrons. The van der Waals surface area contributed by atoms with Gasteiger partial charge in [-0.3, -0.25) is 19.2 Å². The summed E-state index contributed by atoms with van der Waals surface area (Å²) in [5.74, 6) is -0.687. The first-order chi connectivity index (χ1) is 18.7. The monoisotopic (exact) mass is 614 g/mol. The Bertz CT molecular complexity index is 1560. The van der Waals surface area contributed by atoms with Crippen molar-refractivity contribution in [3.63, 3.8) is 0 Å². The fourth-order valence-electron chi connectivity index (χ4n) is 5.17. The Morgan fingerprint density at radius 2 is 1.85 bits per heavy atom. The summed E-state index contributed by atoms with van der Waals surface area (Å²) in [6.07, 6.45) is 3.68. The van der Waals surface area contributed by atoms with Gasteiger partial charge in [0.15, 0.2) is 0 Å². The zero-order valence-electron chi connectivity index (χ0n) is 21.7. The van der Waals surface area contributed by atoms with Crippen LogP contribution in [0.3, 0.4) is 0 Å². The SMILES string of the molecule is C[C@@H]1CN(C(=O)Cc2ccc(Br)c(Cl)c2F)C[C@H](C)N1Cc1cn(CCn2ccc3ccccc3c2=O)nn1. The van der Waals surface area contributed by atoms with Crippen LogP contribution in [0, 0.1) is 5.82 Å². The molecule has 0 saturated carbocycles. The van der Waals surface area contributed by atoms with Gasteiger partial charge in [-0.1, -0.05) is 41.1 Å². The molecule has 5 rings (SSSR count). The lowest BCUT2D eigenvalue weighted by Gasteiger charge is -2.44. The topological polar surface area (TPSA) is 76.3 Å².